The largest absolute Gasteiger partial charge is 0.326 e. The van der Waals surface area contributed by atoms with Gasteiger partial charge in [-0.3, -0.25) is 4.57 Å². The third-order valence-electron chi connectivity index (χ3n) is 5.65. The van der Waals surface area contributed by atoms with E-state index in [4.69, 9.17) is 0 Å². The van der Waals surface area contributed by atoms with E-state index in [0.29, 0.717) is 12.8 Å². The van der Waals surface area contributed by atoms with Crippen LogP contribution >= 0.6 is 0 Å². The van der Waals surface area contributed by atoms with Crippen LogP contribution in [0.25, 0.3) is 11.0 Å². The van der Waals surface area contributed by atoms with Crippen LogP contribution in [0.2, 0.25) is 0 Å². The molecule has 0 saturated carbocycles. The van der Waals surface area contributed by atoms with Crippen molar-refractivity contribution in [2.24, 2.45) is 0 Å². The van der Waals surface area contributed by atoms with E-state index in [9.17, 15) is 21.6 Å². The molecular weight excluding hydrogens is 440 g/mol. The Balaban J connectivity index is 1.53. The number of hydrogen-bond donors (Lipinski definition) is 1. The predicted octanol–water partition coefficient (Wildman–Crippen LogP) is 1.61. The minimum Gasteiger partial charge on any atom is -0.306 e. The number of nitrogens with zero attached hydrogens (tertiary/aromatic N) is 3. The number of hydrogen-bond acceptors (Lipinski definition) is 5. The number of aromatic nitrogens is 2. The fraction of sp³-hybridized carbons (Fsp3) is 0.350. The summed E-state index contributed by atoms with van der Waals surface area (Å²) in [6, 6.07) is 12.6. The van der Waals surface area contributed by atoms with Gasteiger partial charge in [0.2, 0.25) is 20.0 Å². The Bertz CT molecular complexity index is 1360. The lowest BCUT2D eigenvalue weighted by Gasteiger charge is -2.31. The summed E-state index contributed by atoms with van der Waals surface area (Å²) in [5, 5.41) is 0. The molecule has 0 spiro atoms. The van der Waals surface area contributed by atoms with Gasteiger partial charge in [0.05, 0.1) is 20.8 Å². The second kappa shape index (κ2) is 7.90. The van der Waals surface area contributed by atoms with E-state index in [2.05, 4.69) is 4.98 Å². The van der Waals surface area contributed by atoms with Crippen molar-refractivity contribution in [1.29, 1.82) is 0 Å². The topological polar surface area (TPSA) is 113 Å². The summed E-state index contributed by atoms with van der Waals surface area (Å²) in [4.78, 5) is 15.3. The molecule has 1 N–H and O–H groups in total. The summed E-state index contributed by atoms with van der Waals surface area (Å²) in [5.74, 6) is 0. The number of piperidine rings is 1. The quantitative estimate of drug-likeness (QED) is 0.616. The Morgan fingerprint density at radius 1 is 0.903 bits per heavy atom. The van der Waals surface area contributed by atoms with Crippen molar-refractivity contribution in [3.63, 3.8) is 0 Å². The van der Waals surface area contributed by atoms with Crippen molar-refractivity contribution in [3.8, 4) is 0 Å². The van der Waals surface area contributed by atoms with E-state index < -0.39 is 20.0 Å². The van der Waals surface area contributed by atoms with E-state index in [1.54, 1.807) is 4.57 Å². The maximum atomic E-state index is 13.0. The molecular formula is C20H24N4O5S2. The van der Waals surface area contributed by atoms with Gasteiger partial charge in [-0.1, -0.05) is 12.1 Å². The zero-order valence-corrected chi connectivity index (χ0v) is 18.9. The van der Waals surface area contributed by atoms with Crippen LogP contribution in [0.15, 0.2) is 63.1 Å². The zero-order valence-electron chi connectivity index (χ0n) is 17.2. The summed E-state index contributed by atoms with van der Waals surface area (Å²) in [7, 11) is -4.55. The maximum absolute atomic E-state index is 13.0. The van der Waals surface area contributed by atoms with Gasteiger partial charge >= 0.3 is 5.69 Å². The molecule has 0 bridgehead atoms. The summed E-state index contributed by atoms with van der Waals surface area (Å²) >= 11 is 0. The molecule has 11 heteroatoms. The standard InChI is InChI=1S/C20H24N4O5S2/c1-22(2)30(26,27)16-7-9-17(10-8-16)31(28,29)23-13-11-15(12-14-23)24-19-6-4-3-5-18(19)21-20(24)25/h3-10,15H,11-14H2,1-2H3,(H,21,25). The van der Waals surface area contributed by atoms with Crippen molar-refractivity contribution in [3.05, 3.63) is 59.0 Å². The lowest BCUT2D eigenvalue weighted by Crippen LogP contribution is -2.40. The number of imidazole rings is 1. The van der Waals surface area contributed by atoms with Crippen LogP contribution in [0.1, 0.15) is 18.9 Å². The van der Waals surface area contributed by atoms with Crippen LogP contribution in [0, 0.1) is 0 Å². The van der Waals surface area contributed by atoms with Crippen molar-refractivity contribution in [2.75, 3.05) is 27.2 Å². The molecule has 4 rings (SSSR count). The van der Waals surface area contributed by atoms with Crippen LogP contribution < -0.4 is 5.69 Å². The SMILES string of the molecule is CN(C)S(=O)(=O)c1ccc(S(=O)(=O)N2CCC(n3c(=O)[nH]c4ccccc43)CC2)cc1. The number of H-pyrrole nitrogens is 1. The second-order valence-corrected chi connectivity index (χ2v) is 11.8. The third-order valence-corrected chi connectivity index (χ3v) is 9.39. The molecule has 1 fully saturated rings. The Morgan fingerprint density at radius 2 is 1.48 bits per heavy atom. The van der Waals surface area contributed by atoms with Crippen molar-refractivity contribution >= 4 is 31.1 Å². The molecule has 1 saturated heterocycles. The molecule has 0 radical (unpaired) electrons. The highest BCUT2D eigenvalue weighted by atomic mass is 32.2. The molecule has 1 aliphatic heterocycles. The number of fused-ring (bicyclic) bond motifs is 1. The molecule has 3 aromatic rings. The van der Waals surface area contributed by atoms with E-state index in [0.717, 1.165) is 15.3 Å². The molecule has 9 nitrogen and oxygen atoms in total. The number of nitrogens with one attached hydrogen (secondary N) is 1. The van der Waals surface area contributed by atoms with Gasteiger partial charge in [0.15, 0.2) is 0 Å². The normalized spacial score (nSPS) is 16.9. The fourth-order valence-electron chi connectivity index (χ4n) is 3.92. The average Bonchev–Trinajstić information content (AvgIpc) is 3.09. The minimum absolute atomic E-state index is 0.0360. The first kappa shape index (κ1) is 21.8. The van der Waals surface area contributed by atoms with E-state index in [-0.39, 0.29) is 34.6 Å². The van der Waals surface area contributed by atoms with E-state index >= 15 is 0 Å². The molecule has 2 aromatic carbocycles. The Kier molecular flexibility index (Phi) is 5.54. The lowest BCUT2D eigenvalue weighted by molar-refractivity contribution is 0.274. The highest BCUT2D eigenvalue weighted by Gasteiger charge is 2.31. The van der Waals surface area contributed by atoms with Gasteiger partial charge in [-0.2, -0.15) is 4.31 Å². The lowest BCUT2D eigenvalue weighted by atomic mass is 10.1. The Labute approximate surface area is 181 Å². The van der Waals surface area contributed by atoms with Crippen LogP contribution in [0.5, 0.6) is 0 Å². The summed E-state index contributed by atoms with van der Waals surface area (Å²) in [5.41, 5.74) is 1.38. The van der Waals surface area contributed by atoms with Crippen molar-refractivity contribution in [2.45, 2.75) is 28.7 Å². The molecule has 1 aromatic heterocycles. The zero-order chi connectivity index (χ0) is 22.4. The molecule has 1 aliphatic rings. The fourth-order valence-corrected chi connectivity index (χ4v) is 6.29. The molecule has 31 heavy (non-hydrogen) atoms. The Morgan fingerprint density at radius 3 is 2.10 bits per heavy atom. The maximum Gasteiger partial charge on any atom is 0.326 e. The number of rotatable bonds is 5. The first-order chi connectivity index (χ1) is 14.6. The summed E-state index contributed by atoms with van der Waals surface area (Å²) < 4.78 is 54.7. The van der Waals surface area contributed by atoms with Crippen molar-refractivity contribution in [1.82, 2.24) is 18.2 Å². The van der Waals surface area contributed by atoms with Gasteiger partial charge in [-0.25, -0.2) is 25.9 Å². The van der Waals surface area contributed by atoms with E-state index in [1.165, 1.54) is 42.7 Å². The first-order valence-electron chi connectivity index (χ1n) is 9.84. The third kappa shape index (κ3) is 3.82. The molecule has 0 amide bonds. The van der Waals surface area contributed by atoms with Crippen LogP contribution in [0.4, 0.5) is 0 Å². The van der Waals surface area contributed by atoms with Crippen LogP contribution in [-0.4, -0.2) is 62.2 Å². The number of aromatic amines is 1. The monoisotopic (exact) mass is 464 g/mol. The van der Waals surface area contributed by atoms with Crippen molar-refractivity contribution < 1.29 is 16.8 Å². The highest BCUT2D eigenvalue weighted by molar-refractivity contribution is 7.89. The number of benzene rings is 2. The van der Waals surface area contributed by atoms with E-state index in [1.807, 2.05) is 24.3 Å². The summed E-state index contributed by atoms with van der Waals surface area (Å²) in [6.45, 7) is 0.549. The number of sulfonamides is 2. The van der Waals surface area contributed by atoms with Gasteiger partial charge in [0, 0.05) is 33.2 Å². The first-order valence-corrected chi connectivity index (χ1v) is 12.7. The molecule has 2 heterocycles. The number of para-hydroxylation sites is 2. The predicted molar refractivity (Wildman–Crippen MR) is 117 cm³/mol. The highest BCUT2D eigenvalue weighted by Crippen LogP contribution is 2.28. The van der Waals surface area contributed by atoms with Gasteiger partial charge < -0.3 is 4.98 Å². The molecule has 0 atom stereocenters. The average molecular weight is 465 g/mol. The Hall–Kier alpha value is -2.47. The van der Waals surface area contributed by atoms with Gasteiger partial charge in [-0.15, -0.1) is 0 Å². The van der Waals surface area contributed by atoms with Crippen LogP contribution in [0.3, 0.4) is 0 Å². The molecule has 0 unspecified atom stereocenters. The second-order valence-electron chi connectivity index (χ2n) is 7.71. The van der Waals surface area contributed by atoms with Gasteiger partial charge in [0.25, 0.3) is 0 Å². The summed E-state index contributed by atoms with van der Waals surface area (Å²) in [6.07, 6.45) is 1.02. The van der Waals surface area contributed by atoms with Gasteiger partial charge in [-0.05, 0) is 49.2 Å². The minimum atomic E-state index is -3.76. The smallest absolute Gasteiger partial charge is 0.306 e. The molecule has 166 valence electrons. The van der Waals surface area contributed by atoms with Gasteiger partial charge in [0.1, 0.15) is 0 Å². The van der Waals surface area contributed by atoms with Crippen LogP contribution in [-0.2, 0) is 20.0 Å². The molecule has 0 aliphatic carbocycles.